The van der Waals surface area contributed by atoms with Crippen LogP contribution in [-0.4, -0.2) is 46.3 Å². The van der Waals surface area contributed by atoms with E-state index in [1.54, 1.807) is 18.2 Å². The Balaban J connectivity index is 1.88. The minimum Gasteiger partial charge on any atom is -0.481 e. The Bertz CT molecular complexity index is 1520. The lowest BCUT2D eigenvalue weighted by molar-refractivity contribution is -0.137. The van der Waals surface area contributed by atoms with Gasteiger partial charge in [0.2, 0.25) is 10.0 Å². The van der Waals surface area contributed by atoms with Gasteiger partial charge < -0.3 is 27.6 Å². The Morgan fingerprint density at radius 1 is 1.19 bits per heavy atom. The number of nitrogen functional groups attached to an aromatic ring is 1. The van der Waals surface area contributed by atoms with Crippen LogP contribution < -0.4 is 27.2 Å². The minimum absolute atomic E-state index is 0.0398. The standard InChI is InChI=1S/C21H20N10O5S/c22-9-15-19(30-21(24)25)29-17(18(23)28-15)20(34)27-12-4-1-5-13(7-12)37(35,36)31-14(8-16(32)33)11-3-2-6-26-10-11/h1-7,10,14,31H,8H2,(H2,23,28)(H,27,34)(H,32,33)(H4,24,25,29,30). The smallest absolute Gasteiger partial charge is 0.305 e. The van der Waals surface area contributed by atoms with Crippen molar-refractivity contribution < 1.29 is 23.1 Å². The van der Waals surface area contributed by atoms with Crippen LogP contribution in [0.15, 0.2) is 58.7 Å². The van der Waals surface area contributed by atoms with Gasteiger partial charge in [0.15, 0.2) is 29.0 Å². The van der Waals surface area contributed by atoms with E-state index in [0.29, 0.717) is 5.56 Å². The van der Waals surface area contributed by atoms with E-state index in [2.05, 4.69) is 30.0 Å². The lowest BCUT2D eigenvalue weighted by Crippen LogP contribution is -2.30. The first-order valence-electron chi connectivity index (χ1n) is 10.2. The number of aliphatic imine (C=N–C) groups is 1. The van der Waals surface area contributed by atoms with Crippen molar-refractivity contribution in [1.82, 2.24) is 19.7 Å². The summed E-state index contributed by atoms with van der Waals surface area (Å²) < 4.78 is 28.4. The average Bonchev–Trinajstić information content (AvgIpc) is 2.84. The number of anilines is 2. The molecule has 2 aromatic heterocycles. The number of hydrogen-bond donors (Lipinski definition) is 6. The minimum atomic E-state index is -4.24. The first-order valence-corrected chi connectivity index (χ1v) is 11.7. The Kier molecular flexibility index (Phi) is 7.92. The van der Waals surface area contributed by atoms with Crippen molar-refractivity contribution in [3.8, 4) is 6.07 Å². The molecule has 2 heterocycles. The quantitative estimate of drug-likeness (QED) is 0.159. The Hall–Kier alpha value is -5.14. The average molecular weight is 525 g/mol. The molecule has 0 bridgehead atoms. The number of guanidine groups is 1. The summed E-state index contributed by atoms with van der Waals surface area (Å²) in [6.07, 6.45) is 2.29. The van der Waals surface area contributed by atoms with Crippen LogP contribution in [0.4, 0.5) is 17.3 Å². The fraction of sp³-hybridized carbons (Fsp3) is 0.0952. The molecule has 0 spiro atoms. The number of benzene rings is 1. The highest BCUT2D eigenvalue weighted by molar-refractivity contribution is 7.89. The molecule has 1 atom stereocenters. The second-order valence-corrected chi connectivity index (χ2v) is 9.03. The number of rotatable bonds is 9. The van der Waals surface area contributed by atoms with E-state index in [1.807, 2.05) is 0 Å². The summed E-state index contributed by atoms with van der Waals surface area (Å²) in [6.45, 7) is 0. The van der Waals surface area contributed by atoms with Crippen LogP contribution in [0.25, 0.3) is 0 Å². The number of nitriles is 1. The van der Waals surface area contributed by atoms with Crippen LogP contribution in [0.5, 0.6) is 0 Å². The summed E-state index contributed by atoms with van der Waals surface area (Å²) in [4.78, 5) is 39.0. The molecule has 0 aliphatic rings. The number of pyridine rings is 1. The van der Waals surface area contributed by atoms with E-state index >= 15 is 0 Å². The first kappa shape index (κ1) is 26.5. The fourth-order valence-corrected chi connectivity index (χ4v) is 4.32. The molecule has 16 heteroatoms. The van der Waals surface area contributed by atoms with Gasteiger partial charge in [-0.1, -0.05) is 12.1 Å². The molecule has 3 aromatic rings. The van der Waals surface area contributed by atoms with Crippen molar-refractivity contribution in [3.05, 3.63) is 65.7 Å². The largest absolute Gasteiger partial charge is 0.481 e. The highest BCUT2D eigenvalue weighted by Crippen LogP contribution is 2.23. The number of hydrogen-bond acceptors (Lipinski definition) is 10. The SMILES string of the molecule is N#Cc1nc(N)c(C(=O)Nc2cccc(S(=O)(=O)NC(CC(=O)O)c3cccnc3)c2)nc1N=C(N)N. The van der Waals surface area contributed by atoms with E-state index in [9.17, 15) is 23.1 Å². The number of carboxylic acid groups (broad SMARTS) is 1. The number of amides is 1. The zero-order chi connectivity index (χ0) is 27.2. The monoisotopic (exact) mass is 524 g/mol. The molecule has 37 heavy (non-hydrogen) atoms. The zero-order valence-corrected chi connectivity index (χ0v) is 19.7. The molecule has 3 rings (SSSR count). The molecule has 0 fully saturated rings. The van der Waals surface area contributed by atoms with Crippen molar-refractivity contribution in [3.63, 3.8) is 0 Å². The predicted molar refractivity (Wildman–Crippen MR) is 131 cm³/mol. The fourth-order valence-electron chi connectivity index (χ4n) is 3.05. The molecule has 1 unspecified atom stereocenters. The van der Waals surface area contributed by atoms with Crippen molar-refractivity contribution in [2.45, 2.75) is 17.4 Å². The maximum absolute atomic E-state index is 13.0. The van der Waals surface area contributed by atoms with Crippen LogP contribution in [-0.2, 0) is 14.8 Å². The van der Waals surface area contributed by atoms with Crippen LogP contribution in [0.3, 0.4) is 0 Å². The summed E-state index contributed by atoms with van der Waals surface area (Å²) in [7, 11) is -4.24. The lowest BCUT2D eigenvalue weighted by atomic mass is 10.1. The number of nitrogens with one attached hydrogen (secondary N) is 2. The number of nitrogens with zero attached hydrogens (tertiary/aromatic N) is 5. The van der Waals surface area contributed by atoms with Crippen molar-refractivity contribution >= 4 is 45.2 Å². The van der Waals surface area contributed by atoms with Gasteiger partial charge in [-0.25, -0.2) is 23.1 Å². The van der Waals surface area contributed by atoms with Gasteiger partial charge in [-0.05, 0) is 29.8 Å². The van der Waals surface area contributed by atoms with E-state index in [0.717, 1.165) is 6.07 Å². The summed E-state index contributed by atoms with van der Waals surface area (Å²) >= 11 is 0. The van der Waals surface area contributed by atoms with Crippen molar-refractivity contribution in [2.75, 3.05) is 11.1 Å². The number of nitrogens with two attached hydrogens (primary N) is 3. The van der Waals surface area contributed by atoms with Gasteiger partial charge in [0.25, 0.3) is 5.91 Å². The van der Waals surface area contributed by atoms with Gasteiger partial charge in [-0.3, -0.25) is 14.6 Å². The van der Waals surface area contributed by atoms with Gasteiger partial charge in [-0.2, -0.15) is 10.3 Å². The van der Waals surface area contributed by atoms with Crippen molar-refractivity contribution in [1.29, 1.82) is 5.26 Å². The molecular weight excluding hydrogens is 504 g/mol. The summed E-state index contributed by atoms with van der Waals surface area (Å²) in [5, 5.41) is 20.8. The van der Waals surface area contributed by atoms with Crippen LogP contribution >= 0.6 is 0 Å². The van der Waals surface area contributed by atoms with Gasteiger partial charge >= 0.3 is 5.97 Å². The predicted octanol–water partition coefficient (Wildman–Crippen LogP) is -0.0230. The topological polar surface area (TPSA) is 265 Å². The lowest BCUT2D eigenvalue weighted by Gasteiger charge is -2.17. The molecule has 0 saturated heterocycles. The number of sulfonamides is 1. The maximum atomic E-state index is 13.0. The number of carbonyl (C=O) groups excluding carboxylic acids is 1. The Morgan fingerprint density at radius 3 is 2.57 bits per heavy atom. The molecule has 1 aromatic carbocycles. The maximum Gasteiger partial charge on any atom is 0.305 e. The number of carboxylic acids is 1. The van der Waals surface area contributed by atoms with Gasteiger partial charge in [0.05, 0.1) is 17.4 Å². The molecule has 190 valence electrons. The number of aromatic nitrogens is 3. The van der Waals surface area contributed by atoms with E-state index in [4.69, 9.17) is 22.5 Å². The molecule has 0 saturated carbocycles. The molecular formula is C21H20N10O5S. The van der Waals surface area contributed by atoms with Crippen LogP contribution in [0.1, 0.15) is 34.2 Å². The highest BCUT2D eigenvalue weighted by Gasteiger charge is 2.25. The number of aliphatic carboxylic acids is 1. The van der Waals surface area contributed by atoms with E-state index < -0.39 is 46.0 Å². The normalized spacial score (nSPS) is 11.6. The third kappa shape index (κ3) is 6.72. The van der Waals surface area contributed by atoms with Crippen molar-refractivity contribution in [2.24, 2.45) is 16.5 Å². The third-order valence-corrected chi connectivity index (χ3v) is 6.09. The van der Waals surface area contributed by atoms with Gasteiger partial charge in [-0.15, -0.1) is 0 Å². The number of carbonyl (C=O) groups is 2. The van der Waals surface area contributed by atoms with Crippen LogP contribution in [0, 0.1) is 11.3 Å². The van der Waals surface area contributed by atoms with E-state index in [1.165, 1.54) is 30.6 Å². The molecule has 1 amide bonds. The summed E-state index contributed by atoms with van der Waals surface area (Å²) in [5.41, 5.74) is 16.0. The third-order valence-electron chi connectivity index (χ3n) is 4.63. The second-order valence-electron chi connectivity index (χ2n) is 7.32. The van der Waals surface area contributed by atoms with Crippen LogP contribution in [0.2, 0.25) is 0 Å². The summed E-state index contributed by atoms with van der Waals surface area (Å²) in [5.74, 6) is -3.26. The highest BCUT2D eigenvalue weighted by atomic mass is 32.2. The molecule has 0 aliphatic heterocycles. The second kappa shape index (κ2) is 11.1. The molecule has 9 N–H and O–H groups in total. The van der Waals surface area contributed by atoms with Gasteiger partial charge in [0, 0.05) is 18.1 Å². The zero-order valence-electron chi connectivity index (χ0n) is 18.9. The van der Waals surface area contributed by atoms with Gasteiger partial charge in [0.1, 0.15) is 6.07 Å². The molecule has 0 radical (unpaired) electrons. The molecule has 15 nitrogen and oxygen atoms in total. The summed E-state index contributed by atoms with van der Waals surface area (Å²) in [6, 6.07) is 8.85. The Morgan fingerprint density at radius 2 is 1.95 bits per heavy atom. The van der Waals surface area contributed by atoms with E-state index in [-0.39, 0.29) is 27.9 Å². The molecule has 0 aliphatic carbocycles. The first-order chi connectivity index (χ1) is 17.5. The Labute approximate surface area is 210 Å².